The van der Waals surface area contributed by atoms with Crippen LogP contribution in [-0.2, 0) is 4.79 Å². The maximum atomic E-state index is 12.5. The molecule has 0 radical (unpaired) electrons. The molecule has 2 saturated heterocycles. The molecule has 19 heavy (non-hydrogen) atoms. The average Bonchev–Trinajstić information content (AvgIpc) is 2.46. The Hall–Kier alpha value is -0.670. The molecule has 3 nitrogen and oxygen atoms in total. The van der Waals surface area contributed by atoms with E-state index in [1.807, 2.05) is 0 Å². The van der Waals surface area contributed by atoms with Crippen LogP contribution in [0.1, 0.15) is 32.6 Å². The second-order valence-electron chi connectivity index (χ2n) is 6.18. The van der Waals surface area contributed by atoms with E-state index in [9.17, 15) is 4.79 Å². The molecule has 2 aliphatic rings. The van der Waals surface area contributed by atoms with Gasteiger partial charge < -0.3 is 9.80 Å². The first kappa shape index (κ1) is 14.7. The van der Waals surface area contributed by atoms with Crippen LogP contribution in [0.5, 0.6) is 0 Å². The van der Waals surface area contributed by atoms with E-state index in [1.165, 1.54) is 0 Å². The smallest absolute Gasteiger partial charge is 0.161 e. The van der Waals surface area contributed by atoms with Crippen LogP contribution >= 0.6 is 0 Å². The summed E-state index contributed by atoms with van der Waals surface area (Å²) in [4.78, 5) is 17.3. The van der Waals surface area contributed by atoms with Gasteiger partial charge in [-0.2, -0.15) is 0 Å². The van der Waals surface area contributed by atoms with Gasteiger partial charge in [0, 0.05) is 5.92 Å². The van der Waals surface area contributed by atoms with Crippen molar-refractivity contribution in [1.82, 2.24) is 9.80 Å². The van der Waals surface area contributed by atoms with Crippen LogP contribution in [-0.4, -0.2) is 55.4 Å². The molecule has 108 valence electrons. The fourth-order valence-electron chi connectivity index (χ4n) is 3.33. The highest BCUT2D eigenvalue weighted by atomic mass is 16.1. The van der Waals surface area contributed by atoms with E-state index in [4.69, 9.17) is 0 Å². The molecule has 0 spiro atoms. The molecule has 0 saturated carbocycles. The van der Waals surface area contributed by atoms with Crippen molar-refractivity contribution < 1.29 is 4.79 Å². The fourth-order valence-corrected chi connectivity index (χ4v) is 3.33. The van der Waals surface area contributed by atoms with Gasteiger partial charge in [-0.15, -0.1) is 0 Å². The Balaban J connectivity index is 1.84. The number of likely N-dealkylation sites (tertiary alicyclic amines) is 2. The number of allylic oxidation sites excluding steroid dienone is 1. The van der Waals surface area contributed by atoms with E-state index in [2.05, 4.69) is 30.4 Å². The highest BCUT2D eigenvalue weighted by Crippen LogP contribution is 2.28. The number of carbonyl (C=O) groups excluding carboxylic acids is 1. The number of piperidine rings is 2. The molecule has 2 aliphatic heterocycles. The lowest BCUT2D eigenvalue weighted by Gasteiger charge is -2.34. The van der Waals surface area contributed by atoms with Gasteiger partial charge in [0.1, 0.15) is 0 Å². The van der Waals surface area contributed by atoms with Gasteiger partial charge in [0.25, 0.3) is 0 Å². The Labute approximate surface area is 117 Å². The molecule has 2 heterocycles. The van der Waals surface area contributed by atoms with Crippen molar-refractivity contribution in [3.8, 4) is 0 Å². The van der Waals surface area contributed by atoms with Crippen molar-refractivity contribution in [2.75, 3.05) is 39.8 Å². The minimum absolute atomic E-state index is 0.243. The zero-order chi connectivity index (χ0) is 13.8. The summed E-state index contributed by atoms with van der Waals surface area (Å²) < 4.78 is 0. The zero-order valence-electron chi connectivity index (χ0n) is 12.5. The maximum Gasteiger partial charge on any atom is 0.161 e. The highest BCUT2D eigenvalue weighted by molar-refractivity contribution is 5.97. The zero-order valence-corrected chi connectivity index (χ0v) is 12.5. The molecule has 0 N–H and O–H groups in total. The molecule has 0 bridgehead atoms. The van der Waals surface area contributed by atoms with Gasteiger partial charge in [0.05, 0.1) is 0 Å². The Bertz CT molecular complexity index is 324. The van der Waals surface area contributed by atoms with Crippen LogP contribution in [0.3, 0.4) is 0 Å². The van der Waals surface area contributed by atoms with Gasteiger partial charge in [0.15, 0.2) is 5.78 Å². The molecule has 0 aromatic carbocycles. The third kappa shape index (κ3) is 3.67. The van der Waals surface area contributed by atoms with Gasteiger partial charge in [0.2, 0.25) is 0 Å². The van der Waals surface area contributed by atoms with E-state index in [1.54, 1.807) is 0 Å². The van der Waals surface area contributed by atoms with E-state index >= 15 is 0 Å². The Morgan fingerprint density at radius 3 is 2.11 bits per heavy atom. The number of rotatable bonds is 4. The molecule has 0 aromatic rings. The van der Waals surface area contributed by atoms with Crippen molar-refractivity contribution in [2.45, 2.75) is 32.6 Å². The number of hydrogen-bond acceptors (Lipinski definition) is 3. The minimum atomic E-state index is 0.243. The third-order valence-corrected chi connectivity index (χ3v) is 4.93. The molecule has 0 unspecified atom stereocenters. The summed E-state index contributed by atoms with van der Waals surface area (Å²) in [7, 11) is 2.13. The molecule has 0 amide bonds. The predicted octanol–water partition coefficient (Wildman–Crippen LogP) is 2.19. The molecule has 0 atom stereocenters. The molecule has 0 aliphatic carbocycles. The monoisotopic (exact) mass is 264 g/mol. The average molecular weight is 264 g/mol. The first-order chi connectivity index (χ1) is 9.11. The maximum absolute atomic E-state index is 12.5. The van der Waals surface area contributed by atoms with Crippen LogP contribution in [0.15, 0.2) is 12.2 Å². The van der Waals surface area contributed by atoms with E-state index < -0.39 is 0 Å². The number of ketones is 1. The molecule has 3 heteroatoms. The lowest BCUT2D eigenvalue weighted by Crippen LogP contribution is -2.37. The Morgan fingerprint density at radius 2 is 1.58 bits per heavy atom. The second-order valence-corrected chi connectivity index (χ2v) is 6.18. The molecular weight excluding hydrogens is 236 g/mol. The van der Waals surface area contributed by atoms with Gasteiger partial charge in [-0.3, -0.25) is 4.79 Å². The summed E-state index contributed by atoms with van der Waals surface area (Å²) in [5.74, 6) is 1.05. The number of hydrogen-bond donors (Lipinski definition) is 0. The van der Waals surface area contributed by atoms with Crippen LogP contribution in [0.2, 0.25) is 0 Å². The van der Waals surface area contributed by atoms with Gasteiger partial charge in [-0.1, -0.05) is 13.5 Å². The van der Waals surface area contributed by atoms with Crippen molar-refractivity contribution >= 4 is 5.78 Å². The summed E-state index contributed by atoms with van der Waals surface area (Å²) in [5.41, 5.74) is 0.922. The van der Waals surface area contributed by atoms with E-state index in [0.717, 1.165) is 64.0 Å². The van der Waals surface area contributed by atoms with Crippen LogP contribution in [0.25, 0.3) is 0 Å². The van der Waals surface area contributed by atoms with E-state index in [0.29, 0.717) is 11.7 Å². The predicted molar refractivity (Wildman–Crippen MR) is 79.2 cm³/mol. The van der Waals surface area contributed by atoms with Crippen LogP contribution < -0.4 is 0 Å². The van der Waals surface area contributed by atoms with Crippen molar-refractivity contribution in [3.05, 3.63) is 12.2 Å². The molecule has 2 rings (SSSR count). The van der Waals surface area contributed by atoms with Gasteiger partial charge in [-0.25, -0.2) is 0 Å². The first-order valence-corrected chi connectivity index (χ1v) is 7.75. The highest BCUT2D eigenvalue weighted by Gasteiger charge is 2.30. The number of carbonyl (C=O) groups is 1. The lowest BCUT2D eigenvalue weighted by atomic mass is 9.81. The largest absolute Gasteiger partial charge is 0.306 e. The second kappa shape index (κ2) is 6.67. The van der Waals surface area contributed by atoms with Crippen molar-refractivity contribution in [2.24, 2.45) is 11.8 Å². The van der Waals surface area contributed by atoms with Crippen molar-refractivity contribution in [1.29, 1.82) is 0 Å². The van der Waals surface area contributed by atoms with Crippen LogP contribution in [0, 0.1) is 11.8 Å². The number of nitrogens with zero attached hydrogens (tertiary/aromatic N) is 2. The molecule has 0 aromatic heterocycles. The summed E-state index contributed by atoms with van der Waals surface area (Å²) in [6.45, 7) is 11.8. The molecule has 2 fully saturated rings. The lowest BCUT2D eigenvalue weighted by molar-refractivity contribution is -0.121. The minimum Gasteiger partial charge on any atom is -0.306 e. The summed E-state index contributed by atoms with van der Waals surface area (Å²) in [6, 6.07) is 0. The Morgan fingerprint density at radius 1 is 1.05 bits per heavy atom. The summed E-state index contributed by atoms with van der Waals surface area (Å²) in [5, 5.41) is 0. The fraction of sp³-hybridized carbons (Fsp3) is 0.812. The third-order valence-electron chi connectivity index (χ3n) is 4.93. The first-order valence-electron chi connectivity index (χ1n) is 7.75. The SMILES string of the molecule is C=C(C(=O)C1CCN(C)CC1)C1CCN(CC)CC1. The van der Waals surface area contributed by atoms with Gasteiger partial charge in [-0.05, 0) is 76.9 Å². The summed E-state index contributed by atoms with van der Waals surface area (Å²) in [6.07, 6.45) is 4.26. The quantitative estimate of drug-likeness (QED) is 0.727. The topological polar surface area (TPSA) is 23.6 Å². The van der Waals surface area contributed by atoms with Gasteiger partial charge >= 0.3 is 0 Å². The van der Waals surface area contributed by atoms with Crippen molar-refractivity contribution in [3.63, 3.8) is 0 Å². The van der Waals surface area contributed by atoms with Crippen LogP contribution in [0.4, 0.5) is 0 Å². The van der Waals surface area contributed by atoms with E-state index in [-0.39, 0.29) is 5.92 Å². The standard InChI is InChI=1S/C16H28N2O/c1-4-18-11-7-14(8-12-18)13(2)16(19)15-5-9-17(3)10-6-15/h14-15H,2,4-12H2,1,3H3. The number of Topliss-reactive ketones (excluding diaryl/α,β-unsaturated/α-hetero) is 1. The normalized spacial score (nSPS) is 24.5. The Kier molecular flexibility index (Phi) is 5.17. The summed E-state index contributed by atoms with van der Waals surface area (Å²) >= 11 is 0. The molecular formula is C16H28N2O.